The van der Waals surface area contributed by atoms with Gasteiger partial charge in [0.15, 0.2) is 0 Å². The van der Waals surface area contributed by atoms with Crippen LogP contribution in [0.25, 0.3) is 11.1 Å². The highest BCUT2D eigenvalue weighted by molar-refractivity contribution is 7.85. The van der Waals surface area contributed by atoms with Crippen LogP contribution < -0.4 is 4.74 Å². The van der Waals surface area contributed by atoms with E-state index in [1.165, 1.54) is 6.07 Å². The summed E-state index contributed by atoms with van der Waals surface area (Å²) in [6.07, 6.45) is -4.57. The number of nitrogens with zero attached hydrogens (tertiary/aromatic N) is 1. The van der Waals surface area contributed by atoms with Crippen LogP contribution in [-0.4, -0.2) is 33.0 Å². The molecule has 222 valence electrons. The van der Waals surface area contributed by atoms with Gasteiger partial charge in [-0.3, -0.25) is 13.9 Å². The lowest BCUT2D eigenvalue weighted by Gasteiger charge is -2.25. The lowest BCUT2D eigenvalue weighted by molar-refractivity contribution is -0.153. The molecule has 0 aliphatic carbocycles. The third-order valence-corrected chi connectivity index (χ3v) is 8.20. The Balaban J connectivity index is 1.65. The summed E-state index contributed by atoms with van der Waals surface area (Å²) in [4.78, 5) is 13.4. The number of rotatable bonds is 11. The standard InChI is InChI=1S/C32H32F3NO5S/c1-20-12-21(2)28(22(3)13-20)18-36(17-26-10-11-30(41-26)32(33,34)35)16-25-9-8-24(15-29(25)40-4)23-6-5-7-27(14-23)42(39)19-31(37)38/h5-15H,16-19H2,1-4H3,(H,37,38). The minimum absolute atomic E-state index is 0.144. The average molecular weight is 600 g/mol. The molecule has 1 atom stereocenters. The second-order valence-electron chi connectivity index (χ2n) is 10.2. The van der Waals surface area contributed by atoms with Crippen molar-refractivity contribution < 1.29 is 36.4 Å². The first-order valence-corrected chi connectivity index (χ1v) is 14.5. The van der Waals surface area contributed by atoms with Gasteiger partial charge in [0.2, 0.25) is 5.76 Å². The van der Waals surface area contributed by atoms with E-state index in [9.17, 15) is 22.2 Å². The predicted octanol–water partition coefficient (Wildman–Crippen LogP) is 7.29. The molecule has 3 aromatic carbocycles. The monoisotopic (exact) mass is 599 g/mol. The van der Waals surface area contributed by atoms with Crippen LogP contribution in [0, 0.1) is 20.8 Å². The van der Waals surface area contributed by atoms with Crippen LogP contribution >= 0.6 is 0 Å². The zero-order chi connectivity index (χ0) is 30.6. The van der Waals surface area contributed by atoms with Gasteiger partial charge in [-0.05, 0) is 78.9 Å². The Morgan fingerprint density at radius 1 is 0.929 bits per heavy atom. The number of hydrogen-bond acceptors (Lipinski definition) is 5. The number of methoxy groups -OCH3 is 1. The van der Waals surface area contributed by atoms with Crippen LogP contribution in [0.3, 0.4) is 0 Å². The number of furan rings is 1. The molecule has 42 heavy (non-hydrogen) atoms. The van der Waals surface area contributed by atoms with E-state index in [0.29, 0.717) is 23.7 Å². The normalized spacial score (nSPS) is 12.5. The largest absolute Gasteiger partial charge is 0.496 e. The van der Waals surface area contributed by atoms with Crippen LogP contribution in [0.2, 0.25) is 0 Å². The van der Waals surface area contributed by atoms with Crippen LogP contribution in [0.4, 0.5) is 13.2 Å². The van der Waals surface area contributed by atoms with Crippen molar-refractivity contribution in [1.29, 1.82) is 0 Å². The Labute approximate surface area is 245 Å². The van der Waals surface area contributed by atoms with Gasteiger partial charge in [0.25, 0.3) is 0 Å². The summed E-state index contributed by atoms with van der Waals surface area (Å²) in [5.41, 5.74) is 6.75. The molecule has 0 saturated carbocycles. The van der Waals surface area contributed by atoms with Crippen molar-refractivity contribution in [2.45, 2.75) is 51.5 Å². The molecule has 1 heterocycles. The van der Waals surface area contributed by atoms with Gasteiger partial charge in [0.05, 0.1) is 24.5 Å². The maximum absolute atomic E-state index is 13.2. The quantitative estimate of drug-likeness (QED) is 0.195. The molecule has 0 radical (unpaired) electrons. The minimum Gasteiger partial charge on any atom is -0.496 e. The number of aryl methyl sites for hydroxylation is 3. The van der Waals surface area contributed by atoms with Crippen molar-refractivity contribution in [3.63, 3.8) is 0 Å². The summed E-state index contributed by atoms with van der Waals surface area (Å²) in [5, 5.41) is 9.00. The molecule has 0 aliphatic rings. The van der Waals surface area contributed by atoms with E-state index in [-0.39, 0.29) is 12.3 Å². The Morgan fingerprint density at radius 3 is 2.24 bits per heavy atom. The van der Waals surface area contributed by atoms with E-state index in [4.69, 9.17) is 14.3 Å². The zero-order valence-electron chi connectivity index (χ0n) is 23.7. The molecule has 10 heteroatoms. The Kier molecular flexibility index (Phi) is 9.58. The van der Waals surface area contributed by atoms with Gasteiger partial charge < -0.3 is 14.3 Å². The smallest absolute Gasteiger partial charge is 0.449 e. The van der Waals surface area contributed by atoms with Gasteiger partial charge in [-0.25, -0.2) is 0 Å². The molecular formula is C32H32F3NO5S. The van der Waals surface area contributed by atoms with Crippen LogP contribution in [0.15, 0.2) is 76.0 Å². The van der Waals surface area contributed by atoms with Gasteiger partial charge in [0.1, 0.15) is 17.3 Å². The highest BCUT2D eigenvalue weighted by atomic mass is 32.2. The van der Waals surface area contributed by atoms with Crippen molar-refractivity contribution in [1.82, 2.24) is 4.90 Å². The highest BCUT2D eigenvalue weighted by Crippen LogP contribution is 2.33. The summed E-state index contributed by atoms with van der Waals surface area (Å²) in [5.74, 6) is -1.89. The number of hydrogen-bond donors (Lipinski definition) is 1. The Hall–Kier alpha value is -3.89. The predicted molar refractivity (Wildman–Crippen MR) is 155 cm³/mol. The summed E-state index contributed by atoms with van der Waals surface area (Å²) in [6.45, 7) is 7.05. The number of carboxylic acid groups (broad SMARTS) is 1. The molecule has 0 aliphatic heterocycles. The topological polar surface area (TPSA) is 80.0 Å². The molecular weight excluding hydrogens is 567 g/mol. The number of carboxylic acids is 1. The minimum atomic E-state index is -4.57. The SMILES string of the molecule is COc1cc(-c2cccc(S(=O)CC(=O)O)c2)ccc1CN(Cc1ccc(C(F)(F)F)o1)Cc1c(C)cc(C)cc1C. The third-order valence-electron chi connectivity index (χ3n) is 6.91. The second-order valence-corrected chi connectivity index (χ2v) is 11.7. The summed E-state index contributed by atoms with van der Waals surface area (Å²) >= 11 is 0. The van der Waals surface area contributed by atoms with Crippen molar-refractivity contribution >= 4 is 16.8 Å². The van der Waals surface area contributed by atoms with Crippen molar-refractivity contribution in [2.75, 3.05) is 12.9 Å². The average Bonchev–Trinajstić information content (AvgIpc) is 3.40. The van der Waals surface area contributed by atoms with E-state index >= 15 is 0 Å². The van der Waals surface area contributed by atoms with E-state index in [1.807, 2.05) is 49.9 Å². The van der Waals surface area contributed by atoms with Crippen LogP contribution in [0.1, 0.15) is 39.3 Å². The fourth-order valence-corrected chi connectivity index (χ4v) is 5.87. The van der Waals surface area contributed by atoms with Crippen LogP contribution in [-0.2, 0) is 41.4 Å². The number of benzene rings is 3. The molecule has 4 rings (SSSR count). The van der Waals surface area contributed by atoms with Gasteiger partial charge in [-0.15, -0.1) is 0 Å². The summed E-state index contributed by atoms with van der Waals surface area (Å²) in [6, 6.07) is 18.9. The molecule has 0 bridgehead atoms. The summed E-state index contributed by atoms with van der Waals surface area (Å²) < 4.78 is 62.9. The van der Waals surface area contributed by atoms with E-state index < -0.39 is 34.5 Å². The van der Waals surface area contributed by atoms with Gasteiger partial charge in [-0.1, -0.05) is 42.0 Å². The maximum Gasteiger partial charge on any atom is 0.449 e. The number of alkyl halides is 3. The molecule has 1 N–H and O–H groups in total. The molecule has 0 spiro atoms. The zero-order valence-corrected chi connectivity index (χ0v) is 24.6. The molecule has 4 aromatic rings. The van der Waals surface area contributed by atoms with Gasteiger partial charge in [-0.2, -0.15) is 13.2 Å². The molecule has 0 saturated heterocycles. The fourth-order valence-electron chi connectivity index (χ4n) is 4.99. The lowest BCUT2D eigenvalue weighted by Crippen LogP contribution is -2.23. The Bertz CT molecular complexity index is 1590. The molecule has 1 aromatic heterocycles. The number of aliphatic carboxylic acids is 1. The number of halogens is 3. The maximum atomic E-state index is 13.2. The molecule has 0 fully saturated rings. The lowest BCUT2D eigenvalue weighted by atomic mass is 9.98. The molecule has 0 amide bonds. The Morgan fingerprint density at radius 2 is 1.62 bits per heavy atom. The number of carbonyl (C=O) groups is 1. The third kappa shape index (κ3) is 7.68. The molecule has 1 unspecified atom stereocenters. The first-order valence-electron chi connectivity index (χ1n) is 13.2. The van der Waals surface area contributed by atoms with Gasteiger partial charge >= 0.3 is 12.1 Å². The van der Waals surface area contributed by atoms with E-state index in [2.05, 4.69) is 12.1 Å². The van der Waals surface area contributed by atoms with E-state index in [0.717, 1.165) is 45.0 Å². The van der Waals surface area contributed by atoms with Crippen molar-refractivity contribution in [2.24, 2.45) is 0 Å². The van der Waals surface area contributed by atoms with Crippen molar-refractivity contribution in [3.05, 3.63) is 106 Å². The van der Waals surface area contributed by atoms with Crippen molar-refractivity contribution in [3.8, 4) is 16.9 Å². The highest BCUT2D eigenvalue weighted by Gasteiger charge is 2.35. The second kappa shape index (κ2) is 13.0. The molecule has 6 nitrogen and oxygen atoms in total. The fraction of sp³-hybridized carbons (Fsp3) is 0.281. The number of ether oxygens (including phenoxy) is 1. The summed E-state index contributed by atoms with van der Waals surface area (Å²) in [7, 11) is -0.139. The van der Waals surface area contributed by atoms with Gasteiger partial charge in [0, 0.05) is 23.5 Å². The van der Waals surface area contributed by atoms with Crippen LogP contribution in [0.5, 0.6) is 5.75 Å². The first kappa shape index (κ1) is 31.1. The van der Waals surface area contributed by atoms with E-state index in [1.54, 1.807) is 25.3 Å². The first-order chi connectivity index (χ1) is 19.8.